The first-order chi connectivity index (χ1) is 10.0. The van der Waals surface area contributed by atoms with E-state index in [9.17, 15) is 0 Å². The highest BCUT2D eigenvalue weighted by molar-refractivity contribution is 6.51. The van der Waals surface area contributed by atoms with Gasteiger partial charge in [-0.1, -0.05) is 73.8 Å². The summed E-state index contributed by atoms with van der Waals surface area (Å²) in [6, 6.07) is 0. The van der Waals surface area contributed by atoms with Crippen molar-refractivity contribution in [2.24, 2.45) is 5.92 Å². The smallest absolute Gasteiger partial charge is 0.0619 e. The molecule has 0 spiro atoms. The van der Waals surface area contributed by atoms with Crippen molar-refractivity contribution in [3.63, 3.8) is 0 Å². The van der Waals surface area contributed by atoms with Crippen molar-refractivity contribution in [3.8, 4) is 0 Å². The maximum atomic E-state index is 2.56. The van der Waals surface area contributed by atoms with Gasteiger partial charge in [-0.3, -0.25) is 0 Å². The zero-order valence-electron chi connectivity index (χ0n) is 14.6. The van der Waals surface area contributed by atoms with Gasteiger partial charge in [0.15, 0.2) is 0 Å². The monoisotopic (exact) mass is 300 g/mol. The van der Waals surface area contributed by atoms with Crippen LogP contribution in [0.25, 0.3) is 0 Å². The van der Waals surface area contributed by atoms with Gasteiger partial charge in [0.1, 0.15) is 0 Å². The summed E-state index contributed by atoms with van der Waals surface area (Å²) in [4.78, 5) is 0. The molecule has 0 amide bonds. The van der Waals surface area contributed by atoms with Crippen LogP contribution in [0.15, 0.2) is 46.2 Å². The van der Waals surface area contributed by atoms with Crippen molar-refractivity contribution >= 4 is 9.52 Å². The summed E-state index contributed by atoms with van der Waals surface area (Å²) in [6.45, 7) is 11.8. The van der Waals surface area contributed by atoms with Crippen molar-refractivity contribution in [3.05, 3.63) is 46.2 Å². The molecule has 2 atom stereocenters. The number of hydrogen-bond acceptors (Lipinski definition) is 0. The minimum atomic E-state index is -0.251. The minimum Gasteiger partial charge on any atom is -0.0840 e. The van der Waals surface area contributed by atoms with Gasteiger partial charge in [-0.2, -0.15) is 0 Å². The van der Waals surface area contributed by atoms with Gasteiger partial charge in [-0.05, 0) is 50.1 Å². The molecule has 0 heterocycles. The van der Waals surface area contributed by atoms with Crippen molar-refractivity contribution in [2.75, 3.05) is 0 Å². The SMILES string of the molecule is CCCCCC1([SiH2]C2=C(C)C(C)=C(C)C2C)C=CC=CC1. The first-order valence-corrected chi connectivity index (χ1v) is 10.1. The van der Waals surface area contributed by atoms with Crippen LogP contribution >= 0.6 is 0 Å². The van der Waals surface area contributed by atoms with Crippen LogP contribution < -0.4 is 0 Å². The number of hydrogen-bond donors (Lipinski definition) is 0. The first-order valence-electron chi connectivity index (χ1n) is 8.72. The van der Waals surface area contributed by atoms with Crippen molar-refractivity contribution in [1.82, 2.24) is 0 Å². The van der Waals surface area contributed by atoms with Gasteiger partial charge < -0.3 is 0 Å². The third kappa shape index (κ3) is 3.51. The van der Waals surface area contributed by atoms with E-state index in [0.29, 0.717) is 11.0 Å². The molecular formula is C20H32Si. The van der Waals surface area contributed by atoms with E-state index in [4.69, 9.17) is 0 Å². The van der Waals surface area contributed by atoms with E-state index in [0.717, 1.165) is 0 Å². The van der Waals surface area contributed by atoms with Crippen molar-refractivity contribution in [2.45, 2.75) is 71.8 Å². The van der Waals surface area contributed by atoms with Gasteiger partial charge in [-0.15, -0.1) is 0 Å². The topological polar surface area (TPSA) is 0 Å². The van der Waals surface area contributed by atoms with Gasteiger partial charge in [-0.25, -0.2) is 0 Å². The lowest BCUT2D eigenvalue weighted by molar-refractivity contribution is 0.554. The second-order valence-corrected chi connectivity index (χ2v) is 9.69. The average Bonchev–Trinajstić information content (AvgIpc) is 2.66. The van der Waals surface area contributed by atoms with E-state index in [-0.39, 0.29) is 9.52 Å². The Morgan fingerprint density at radius 2 is 1.90 bits per heavy atom. The summed E-state index contributed by atoms with van der Waals surface area (Å²) in [5.74, 6) is 0.707. The number of allylic oxidation sites excluding steroid dienone is 8. The Kier molecular flexibility index (Phi) is 5.48. The predicted molar refractivity (Wildman–Crippen MR) is 98.5 cm³/mol. The summed E-state index contributed by atoms with van der Waals surface area (Å²) in [7, 11) is -0.251. The molecule has 0 bridgehead atoms. The first kappa shape index (κ1) is 16.5. The molecule has 2 rings (SSSR count). The fourth-order valence-corrected chi connectivity index (χ4v) is 6.85. The Hall–Kier alpha value is -0.823. The van der Waals surface area contributed by atoms with Crippen LogP contribution in [-0.2, 0) is 0 Å². The predicted octanol–water partition coefficient (Wildman–Crippen LogP) is 5.67. The molecule has 0 aromatic heterocycles. The summed E-state index contributed by atoms with van der Waals surface area (Å²) in [5, 5.41) is 2.35. The maximum Gasteiger partial charge on any atom is 0.0619 e. The molecule has 2 aliphatic carbocycles. The molecule has 0 nitrogen and oxygen atoms in total. The van der Waals surface area contributed by atoms with E-state index in [1.165, 1.54) is 32.1 Å². The Morgan fingerprint density at radius 3 is 2.43 bits per heavy atom. The standard InChI is InChI=1S/C20H32Si/c1-6-7-9-12-20(13-10-8-11-14-20)21-19-17(4)15(2)16(3)18(19)5/h8,10-11,13,17H,6-7,9,12,14,21H2,1-5H3. The lowest BCUT2D eigenvalue weighted by Crippen LogP contribution is -2.23. The van der Waals surface area contributed by atoms with Crippen LogP contribution in [0.5, 0.6) is 0 Å². The third-order valence-corrected chi connectivity index (χ3v) is 8.96. The highest BCUT2D eigenvalue weighted by Gasteiger charge is 2.33. The molecule has 0 aliphatic heterocycles. The largest absolute Gasteiger partial charge is 0.0840 e. The molecule has 2 aliphatic rings. The normalized spacial score (nSPS) is 29.5. The van der Waals surface area contributed by atoms with Crippen LogP contribution in [-0.4, -0.2) is 9.52 Å². The van der Waals surface area contributed by atoms with Gasteiger partial charge in [0.05, 0.1) is 9.52 Å². The average molecular weight is 301 g/mol. The molecule has 1 heteroatoms. The molecule has 0 fully saturated rings. The molecule has 0 aromatic rings. The van der Waals surface area contributed by atoms with Gasteiger partial charge in [0.25, 0.3) is 0 Å². The van der Waals surface area contributed by atoms with E-state index >= 15 is 0 Å². The fourth-order valence-electron chi connectivity index (χ4n) is 3.95. The fraction of sp³-hybridized carbons (Fsp3) is 0.600. The molecule has 116 valence electrons. The van der Waals surface area contributed by atoms with E-state index in [1.807, 2.05) is 5.20 Å². The molecule has 0 saturated carbocycles. The van der Waals surface area contributed by atoms with Crippen LogP contribution in [0.2, 0.25) is 5.04 Å². The van der Waals surface area contributed by atoms with Crippen molar-refractivity contribution < 1.29 is 0 Å². The van der Waals surface area contributed by atoms with E-state index in [1.54, 1.807) is 16.7 Å². The highest BCUT2D eigenvalue weighted by atomic mass is 28.2. The van der Waals surface area contributed by atoms with Gasteiger partial charge >= 0.3 is 0 Å². The molecule has 0 saturated heterocycles. The van der Waals surface area contributed by atoms with Crippen LogP contribution in [0.4, 0.5) is 0 Å². The molecule has 2 unspecified atom stereocenters. The molecule has 0 radical (unpaired) electrons. The maximum absolute atomic E-state index is 2.56. The summed E-state index contributed by atoms with van der Waals surface area (Å²) in [6.07, 6.45) is 16.3. The highest BCUT2D eigenvalue weighted by Crippen LogP contribution is 2.46. The quantitative estimate of drug-likeness (QED) is 0.438. The Labute approximate surface area is 133 Å². The lowest BCUT2D eigenvalue weighted by Gasteiger charge is -2.33. The van der Waals surface area contributed by atoms with Crippen LogP contribution in [0.1, 0.15) is 66.7 Å². The summed E-state index contributed by atoms with van der Waals surface area (Å²) >= 11 is 0. The zero-order valence-corrected chi connectivity index (χ0v) is 16.0. The Balaban J connectivity index is 2.17. The number of rotatable bonds is 6. The molecule has 21 heavy (non-hydrogen) atoms. The van der Waals surface area contributed by atoms with Crippen molar-refractivity contribution in [1.29, 1.82) is 0 Å². The zero-order chi connectivity index (χ0) is 15.5. The molecule has 0 N–H and O–H groups in total. The second kappa shape index (κ2) is 6.96. The Bertz CT molecular complexity index is 504. The third-order valence-electron chi connectivity index (χ3n) is 5.85. The van der Waals surface area contributed by atoms with Crippen LogP contribution in [0.3, 0.4) is 0 Å². The minimum absolute atomic E-state index is 0.251. The lowest BCUT2D eigenvalue weighted by atomic mass is 9.93. The van der Waals surface area contributed by atoms with Gasteiger partial charge in [0, 0.05) is 0 Å². The van der Waals surface area contributed by atoms with E-state index in [2.05, 4.69) is 58.9 Å². The van der Waals surface area contributed by atoms with E-state index < -0.39 is 0 Å². The molecule has 0 aromatic carbocycles. The summed E-state index contributed by atoms with van der Waals surface area (Å²) < 4.78 is 0. The Morgan fingerprint density at radius 1 is 1.14 bits per heavy atom. The van der Waals surface area contributed by atoms with Gasteiger partial charge in [0.2, 0.25) is 0 Å². The summed E-state index contributed by atoms with van der Waals surface area (Å²) in [5.41, 5.74) is 4.82. The number of unbranched alkanes of at least 4 members (excludes halogenated alkanes) is 2. The molecular weight excluding hydrogens is 268 g/mol. The van der Waals surface area contributed by atoms with Crippen LogP contribution in [0, 0.1) is 5.92 Å². The second-order valence-electron chi connectivity index (χ2n) is 7.17.